The first-order valence-electron chi connectivity index (χ1n) is 7.53. The molecule has 0 spiro atoms. The summed E-state index contributed by atoms with van der Waals surface area (Å²) in [6.07, 6.45) is 2.41. The molecule has 2 unspecified atom stereocenters. The Balaban J connectivity index is 1.57. The van der Waals surface area contributed by atoms with Crippen LogP contribution in [0.5, 0.6) is 0 Å². The fourth-order valence-electron chi connectivity index (χ4n) is 2.50. The number of allylic oxidation sites excluding steroid dienone is 2. The first-order valence-corrected chi connectivity index (χ1v) is 8.73. The van der Waals surface area contributed by atoms with Gasteiger partial charge in [0.15, 0.2) is 5.82 Å². The highest BCUT2D eigenvalue weighted by Gasteiger charge is 2.19. The Labute approximate surface area is 151 Å². The van der Waals surface area contributed by atoms with Crippen LogP contribution in [-0.4, -0.2) is 37.2 Å². The third kappa shape index (κ3) is 3.41. The third-order valence-corrected chi connectivity index (χ3v) is 4.75. The number of aliphatic hydroxyl groups is 1. The second kappa shape index (κ2) is 6.55. The van der Waals surface area contributed by atoms with E-state index in [1.165, 1.54) is 23.5 Å². The average molecular weight is 378 g/mol. The van der Waals surface area contributed by atoms with E-state index < -0.39 is 12.3 Å². The molecule has 0 amide bonds. The number of aromatic nitrogens is 4. The summed E-state index contributed by atoms with van der Waals surface area (Å²) >= 11 is 7.33. The van der Waals surface area contributed by atoms with Crippen LogP contribution in [0.15, 0.2) is 48.1 Å². The number of nitrogens with one attached hydrogen (secondary N) is 1. The lowest BCUT2D eigenvalue weighted by Gasteiger charge is -2.14. The number of hydrogen-bond donors (Lipinski definition) is 2. The van der Waals surface area contributed by atoms with E-state index in [1.807, 2.05) is 12.1 Å². The van der Waals surface area contributed by atoms with Gasteiger partial charge in [-0.3, -0.25) is 0 Å². The molecule has 0 saturated carbocycles. The number of anilines is 2. The van der Waals surface area contributed by atoms with Gasteiger partial charge in [-0.15, -0.1) is 15.3 Å². The molecule has 0 bridgehead atoms. The van der Waals surface area contributed by atoms with Gasteiger partial charge in [-0.2, -0.15) is 4.52 Å². The molecule has 25 heavy (non-hydrogen) atoms. The highest BCUT2D eigenvalue weighted by Crippen LogP contribution is 2.25. The van der Waals surface area contributed by atoms with Gasteiger partial charge in [0.05, 0.1) is 0 Å². The Morgan fingerprint density at radius 3 is 3.04 bits per heavy atom. The van der Waals surface area contributed by atoms with Crippen molar-refractivity contribution in [1.29, 1.82) is 0 Å². The van der Waals surface area contributed by atoms with E-state index in [0.717, 1.165) is 11.3 Å². The third-order valence-electron chi connectivity index (χ3n) is 3.70. The summed E-state index contributed by atoms with van der Waals surface area (Å²) in [5, 5.41) is 26.5. The van der Waals surface area contributed by atoms with Crippen molar-refractivity contribution in [3.05, 3.63) is 58.9 Å². The van der Waals surface area contributed by atoms with Gasteiger partial charge in [-0.1, -0.05) is 41.2 Å². The number of hydrogen-bond acceptors (Lipinski definition) is 6. The number of halogens is 2. The lowest BCUT2D eigenvalue weighted by molar-refractivity contribution is 0.141. The SMILES string of the molecule is OC1C=CC(Cc2nnc3sc(Nc4cccc(Cl)c4)nn23)=CC1F. The van der Waals surface area contributed by atoms with Crippen LogP contribution in [0, 0.1) is 0 Å². The Morgan fingerprint density at radius 2 is 2.24 bits per heavy atom. The fourth-order valence-corrected chi connectivity index (χ4v) is 3.46. The van der Waals surface area contributed by atoms with Gasteiger partial charge in [0.2, 0.25) is 10.1 Å². The zero-order valence-electron chi connectivity index (χ0n) is 12.8. The second-order valence-corrected chi connectivity index (χ2v) is 6.96. The van der Waals surface area contributed by atoms with Gasteiger partial charge in [-0.05, 0) is 29.8 Å². The molecule has 4 rings (SSSR count). The van der Waals surface area contributed by atoms with Gasteiger partial charge in [-0.25, -0.2) is 4.39 Å². The summed E-state index contributed by atoms with van der Waals surface area (Å²) in [6.45, 7) is 0. The van der Waals surface area contributed by atoms with E-state index in [2.05, 4.69) is 20.6 Å². The molecule has 0 saturated heterocycles. The lowest BCUT2D eigenvalue weighted by atomic mass is 10.0. The highest BCUT2D eigenvalue weighted by molar-refractivity contribution is 7.20. The maximum absolute atomic E-state index is 13.6. The predicted molar refractivity (Wildman–Crippen MR) is 95.2 cm³/mol. The van der Waals surface area contributed by atoms with E-state index in [1.54, 1.807) is 22.7 Å². The smallest absolute Gasteiger partial charge is 0.236 e. The lowest BCUT2D eigenvalue weighted by Crippen LogP contribution is -2.20. The fraction of sp³-hybridized carbons (Fsp3) is 0.188. The van der Waals surface area contributed by atoms with Crippen molar-refractivity contribution in [2.75, 3.05) is 5.32 Å². The van der Waals surface area contributed by atoms with Crippen molar-refractivity contribution in [3.63, 3.8) is 0 Å². The molecule has 1 aliphatic rings. The maximum Gasteiger partial charge on any atom is 0.236 e. The van der Waals surface area contributed by atoms with Crippen LogP contribution in [0.25, 0.3) is 4.96 Å². The van der Waals surface area contributed by atoms with Gasteiger partial charge in [0.25, 0.3) is 0 Å². The minimum atomic E-state index is -1.40. The molecule has 0 fully saturated rings. The van der Waals surface area contributed by atoms with Gasteiger partial charge in [0.1, 0.15) is 12.3 Å². The van der Waals surface area contributed by atoms with Crippen LogP contribution >= 0.6 is 22.9 Å². The first-order chi connectivity index (χ1) is 12.1. The molecule has 2 heterocycles. The molecule has 0 radical (unpaired) electrons. The molecule has 6 nitrogen and oxygen atoms in total. The molecule has 2 atom stereocenters. The molecule has 9 heteroatoms. The van der Waals surface area contributed by atoms with E-state index in [0.29, 0.717) is 27.4 Å². The Hall–Kier alpha value is -2.29. The van der Waals surface area contributed by atoms with E-state index in [4.69, 9.17) is 11.6 Å². The van der Waals surface area contributed by atoms with Crippen molar-refractivity contribution >= 4 is 38.7 Å². The monoisotopic (exact) mass is 377 g/mol. The van der Waals surface area contributed by atoms with E-state index >= 15 is 0 Å². The normalized spacial score (nSPS) is 20.0. The number of benzene rings is 1. The summed E-state index contributed by atoms with van der Waals surface area (Å²) in [5.41, 5.74) is 1.55. The highest BCUT2D eigenvalue weighted by atomic mass is 35.5. The Bertz CT molecular complexity index is 982. The van der Waals surface area contributed by atoms with Crippen molar-refractivity contribution in [1.82, 2.24) is 19.8 Å². The topological polar surface area (TPSA) is 75.3 Å². The summed E-state index contributed by atoms with van der Waals surface area (Å²) in [7, 11) is 0. The molecule has 0 aliphatic heterocycles. The molecule has 2 N–H and O–H groups in total. The number of nitrogens with zero attached hydrogens (tertiary/aromatic N) is 4. The number of alkyl halides is 1. The molecule has 2 aromatic heterocycles. The van der Waals surface area contributed by atoms with E-state index in [-0.39, 0.29) is 0 Å². The molecule has 1 aliphatic carbocycles. The Kier molecular flexibility index (Phi) is 4.24. The van der Waals surface area contributed by atoms with Crippen LogP contribution in [0.3, 0.4) is 0 Å². The van der Waals surface area contributed by atoms with Crippen molar-refractivity contribution in [2.24, 2.45) is 0 Å². The molecular formula is C16H13ClFN5OS. The van der Waals surface area contributed by atoms with Crippen LogP contribution in [0.4, 0.5) is 15.2 Å². The molecule has 128 valence electrons. The minimum absolute atomic E-state index is 0.380. The van der Waals surface area contributed by atoms with Crippen LogP contribution in [-0.2, 0) is 6.42 Å². The van der Waals surface area contributed by atoms with Gasteiger partial charge in [0, 0.05) is 17.1 Å². The Morgan fingerprint density at radius 1 is 1.36 bits per heavy atom. The second-order valence-electron chi connectivity index (χ2n) is 5.57. The van der Waals surface area contributed by atoms with Crippen molar-refractivity contribution in [3.8, 4) is 0 Å². The number of aliphatic hydroxyl groups excluding tert-OH is 1. The summed E-state index contributed by atoms with van der Waals surface area (Å²) in [5.74, 6) is 0.602. The van der Waals surface area contributed by atoms with E-state index in [9.17, 15) is 9.50 Å². The largest absolute Gasteiger partial charge is 0.386 e. The average Bonchev–Trinajstić information content (AvgIpc) is 3.12. The quantitative estimate of drug-likeness (QED) is 0.729. The summed E-state index contributed by atoms with van der Waals surface area (Å²) in [6, 6.07) is 7.33. The standard InChI is InChI=1S/C16H13ClFN5OS/c17-10-2-1-3-11(8-10)19-15-22-23-14(20-21-16(23)25-15)7-9-4-5-13(24)12(18)6-9/h1-6,8,12-13,24H,7H2,(H,19,22). The summed E-state index contributed by atoms with van der Waals surface area (Å²) in [4.78, 5) is 0.636. The predicted octanol–water partition coefficient (Wildman–Crippen LogP) is 3.32. The molecular weight excluding hydrogens is 365 g/mol. The molecule has 3 aromatic rings. The van der Waals surface area contributed by atoms with Crippen LogP contribution < -0.4 is 5.32 Å². The minimum Gasteiger partial charge on any atom is -0.386 e. The maximum atomic E-state index is 13.6. The zero-order chi connectivity index (χ0) is 17.4. The van der Waals surface area contributed by atoms with Crippen LogP contribution in [0.2, 0.25) is 5.02 Å². The number of rotatable bonds is 4. The first kappa shape index (κ1) is 16.2. The van der Waals surface area contributed by atoms with Crippen molar-refractivity contribution in [2.45, 2.75) is 18.7 Å². The van der Waals surface area contributed by atoms with Crippen molar-refractivity contribution < 1.29 is 9.50 Å². The number of fused-ring (bicyclic) bond motifs is 1. The summed E-state index contributed by atoms with van der Waals surface area (Å²) < 4.78 is 15.2. The zero-order valence-corrected chi connectivity index (χ0v) is 14.4. The van der Waals surface area contributed by atoms with Gasteiger partial charge < -0.3 is 10.4 Å². The molecule has 1 aromatic carbocycles. The van der Waals surface area contributed by atoms with Crippen LogP contribution in [0.1, 0.15) is 5.82 Å². The van der Waals surface area contributed by atoms with Gasteiger partial charge >= 0.3 is 0 Å².